The molecule has 0 amide bonds. The van der Waals surface area contributed by atoms with Gasteiger partial charge in [-0.25, -0.2) is 0 Å². The Morgan fingerprint density at radius 3 is 2.67 bits per heavy atom. The molecule has 74 valence electrons. The first-order valence-electron chi connectivity index (χ1n) is 4.29. The zero-order chi connectivity index (χ0) is 10.7. The first-order chi connectivity index (χ1) is 7.33. The second-order valence-corrected chi connectivity index (χ2v) is 2.94. The van der Waals surface area contributed by atoms with E-state index >= 15 is 0 Å². The molecule has 0 atom stereocenters. The van der Waals surface area contributed by atoms with Crippen molar-refractivity contribution >= 4 is 12.6 Å². The fourth-order valence-electron chi connectivity index (χ4n) is 1.23. The number of hydrogen-bond donors (Lipinski definition) is 0. The third-order valence-electron chi connectivity index (χ3n) is 1.92. The summed E-state index contributed by atoms with van der Waals surface area (Å²) in [6.45, 7) is 0. The summed E-state index contributed by atoms with van der Waals surface area (Å²) in [5, 5.41) is 0. The highest BCUT2D eigenvalue weighted by Gasteiger charge is 2.04. The maximum Gasteiger partial charge on any atom is 0.185 e. The second-order valence-electron chi connectivity index (χ2n) is 2.94. The summed E-state index contributed by atoms with van der Waals surface area (Å²) in [4.78, 5) is 24.8. The van der Waals surface area contributed by atoms with E-state index in [1.54, 1.807) is 24.4 Å². The monoisotopic (exact) mass is 201 g/mol. The molecule has 0 fully saturated rings. The van der Waals surface area contributed by atoms with E-state index in [0.29, 0.717) is 29.5 Å². The number of pyridine rings is 1. The van der Waals surface area contributed by atoms with Crippen molar-refractivity contribution in [2.75, 3.05) is 0 Å². The van der Waals surface area contributed by atoms with Crippen LogP contribution in [-0.4, -0.2) is 17.6 Å². The predicted molar refractivity (Wildman–Crippen MR) is 52.7 cm³/mol. The average molecular weight is 201 g/mol. The summed E-state index contributed by atoms with van der Waals surface area (Å²) < 4.78 is 5.19. The summed E-state index contributed by atoms with van der Waals surface area (Å²) in [6.07, 6.45) is 4.36. The molecule has 0 bridgehead atoms. The number of rotatable bonds is 3. The standard InChI is InChI=1S/C11H7NO3/c13-6-8-3-9(5-12-4-8)11-2-1-10(7-14)15-11/h1-7H. The van der Waals surface area contributed by atoms with Gasteiger partial charge in [0.1, 0.15) is 5.76 Å². The normalized spacial score (nSPS) is 9.87. The fraction of sp³-hybridized carbons (Fsp3) is 0. The summed E-state index contributed by atoms with van der Waals surface area (Å²) >= 11 is 0. The van der Waals surface area contributed by atoms with Gasteiger partial charge in [-0.15, -0.1) is 0 Å². The Balaban J connectivity index is 2.43. The molecule has 0 saturated heterocycles. The zero-order valence-corrected chi connectivity index (χ0v) is 7.71. The van der Waals surface area contributed by atoms with E-state index in [2.05, 4.69) is 4.98 Å². The first-order valence-corrected chi connectivity index (χ1v) is 4.29. The van der Waals surface area contributed by atoms with Gasteiger partial charge in [0.15, 0.2) is 18.3 Å². The van der Waals surface area contributed by atoms with Crippen LogP contribution in [0.25, 0.3) is 11.3 Å². The van der Waals surface area contributed by atoms with Crippen LogP contribution in [0.4, 0.5) is 0 Å². The Hall–Kier alpha value is -2.23. The molecule has 2 aromatic heterocycles. The van der Waals surface area contributed by atoms with E-state index in [9.17, 15) is 9.59 Å². The van der Waals surface area contributed by atoms with Gasteiger partial charge in [0.05, 0.1) is 0 Å². The fourth-order valence-corrected chi connectivity index (χ4v) is 1.23. The Morgan fingerprint density at radius 1 is 1.13 bits per heavy atom. The van der Waals surface area contributed by atoms with Crippen molar-refractivity contribution in [2.24, 2.45) is 0 Å². The molecule has 2 heterocycles. The number of furan rings is 1. The van der Waals surface area contributed by atoms with Gasteiger partial charge in [0.2, 0.25) is 0 Å². The summed E-state index contributed by atoms with van der Waals surface area (Å²) in [5.74, 6) is 0.773. The molecule has 4 heteroatoms. The van der Waals surface area contributed by atoms with Crippen molar-refractivity contribution in [2.45, 2.75) is 0 Å². The van der Waals surface area contributed by atoms with Crippen molar-refractivity contribution < 1.29 is 14.0 Å². The number of nitrogens with zero attached hydrogens (tertiary/aromatic N) is 1. The van der Waals surface area contributed by atoms with Crippen LogP contribution in [-0.2, 0) is 0 Å². The van der Waals surface area contributed by atoms with E-state index in [0.717, 1.165) is 0 Å². The molecule has 0 radical (unpaired) electrons. The molecule has 2 aromatic rings. The minimum absolute atomic E-state index is 0.251. The third kappa shape index (κ3) is 1.83. The van der Waals surface area contributed by atoms with E-state index in [4.69, 9.17) is 4.42 Å². The minimum atomic E-state index is 0.251. The van der Waals surface area contributed by atoms with E-state index in [-0.39, 0.29) is 5.76 Å². The van der Waals surface area contributed by atoms with E-state index in [1.165, 1.54) is 6.20 Å². The number of aldehydes is 2. The highest BCUT2D eigenvalue weighted by molar-refractivity contribution is 5.78. The molecule has 15 heavy (non-hydrogen) atoms. The molecule has 0 spiro atoms. The van der Waals surface area contributed by atoms with Gasteiger partial charge < -0.3 is 4.42 Å². The van der Waals surface area contributed by atoms with Crippen LogP contribution in [0.3, 0.4) is 0 Å². The van der Waals surface area contributed by atoms with E-state index in [1.807, 2.05) is 0 Å². The van der Waals surface area contributed by atoms with Gasteiger partial charge in [-0.2, -0.15) is 0 Å². The second kappa shape index (κ2) is 3.88. The van der Waals surface area contributed by atoms with Crippen molar-refractivity contribution in [1.82, 2.24) is 4.98 Å². The molecule has 0 aromatic carbocycles. The molecule has 0 saturated carbocycles. The maximum absolute atomic E-state index is 10.5. The highest BCUT2D eigenvalue weighted by atomic mass is 16.3. The number of aromatic nitrogens is 1. The molecule has 4 nitrogen and oxygen atoms in total. The molecule has 0 N–H and O–H groups in total. The van der Waals surface area contributed by atoms with Crippen molar-refractivity contribution in [1.29, 1.82) is 0 Å². The summed E-state index contributed by atoms with van der Waals surface area (Å²) in [7, 11) is 0. The topological polar surface area (TPSA) is 60.2 Å². The molecular formula is C11H7NO3. The number of carbonyl (C=O) groups excluding carboxylic acids is 2. The molecule has 0 unspecified atom stereocenters. The van der Waals surface area contributed by atoms with Crippen molar-refractivity contribution in [3.63, 3.8) is 0 Å². The SMILES string of the molecule is O=Cc1cncc(-c2ccc(C=O)o2)c1. The Kier molecular flexibility index (Phi) is 2.41. The van der Waals surface area contributed by atoms with Gasteiger partial charge in [0, 0.05) is 23.5 Å². The summed E-state index contributed by atoms with van der Waals surface area (Å²) in [6, 6.07) is 4.87. The van der Waals surface area contributed by atoms with Gasteiger partial charge in [-0.1, -0.05) is 0 Å². The van der Waals surface area contributed by atoms with E-state index < -0.39 is 0 Å². The third-order valence-corrected chi connectivity index (χ3v) is 1.92. The molecule has 2 rings (SSSR count). The van der Waals surface area contributed by atoms with Crippen LogP contribution in [0, 0.1) is 0 Å². The average Bonchev–Trinajstić information content (AvgIpc) is 2.78. The first kappa shape index (κ1) is 9.33. The van der Waals surface area contributed by atoms with Gasteiger partial charge in [-0.3, -0.25) is 14.6 Å². The lowest BCUT2D eigenvalue weighted by Gasteiger charge is -1.96. The quantitative estimate of drug-likeness (QED) is 0.712. The van der Waals surface area contributed by atoms with Crippen LogP contribution in [0.2, 0.25) is 0 Å². The lowest BCUT2D eigenvalue weighted by Crippen LogP contribution is -1.83. The molecule has 0 aliphatic rings. The van der Waals surface area contributed by atoms with Crippen LogP contribution < -0.4 is 0 Å². The number of hydrogen-bond acceptors (Lipinski definition) is 4. The lowest BCUT2D eigenvalue weighted by atomic mass is 10.2. The van der Waals surface area contributed by atoms with Crippen molar-refractivity contribution in [3.8, 4) is 11.3 Å². The van der Waals surface area contributed by atoms with Gasteiger partial charge in [0.25, 0.3) is 0 Å². The molecule has 0 aliphatic carbocycles. The summed E-state index contributed by atoms with van der Waals surface area (Å²) in [5.41, 5.74) is 1.14. The van der Waals surface area contributed by atoms with Crippen molar-refractivity contribution in [3.05, 3.63) is 41.9 Å². The predicted octanol–water partition coefficient (Wildman–Crippen LogP) is 1.97. The maximum atomic E-state index is 10.5. The number of carbonyl (C=O) groups is 2. The minimum Gasteiger partial charge on any atom is -0.453 e. The smallest absolute Gasteiger partial charge is 0.185 e. The molecular weight excluding hydrogens is 194 g/mol. The zero-order valence-electron chi connectivity index (χ0n) is 7.71. The molecule has 0 aliphatic heterocycles. The van der Waals surface area contributed by atoms with Crippen LogP contribution in [0.5, 0.6) is 0 Å². The Labute approximate surface area is 85.6 Å². The van der Waals surface area contributed by atoms with Gasteiger partial charge in [-0.05, 0) is 18.2 Å². The van der Waals surface area contributed by atoms with Crippen LogP contribution >= 0.6 is 0 Å². The lowest BCUT2D eigenvalue weighted by molar-refractivity contribution is 0.109. The van der Waals surface area contributed by atoms with Crippen LogP contribution in [0.1, 0.15) is 20.9 Å². The Bertz CT molecular complexity index is 502. The van der Waals surface area contributed by atoms with Crippen LogP contribution in [0.15, 0.2) is 35.0 Å². The highest BCUT2D eigenvalue weighted by Crippen LogP contribution is 2.20. The largest absolute Gasteiger partial charge is 0.453 e. The van der Waals surface area contributed by atoms with Gasteiger partial charge >= 0.3 is 0 Å². The Morgan fingerprint density at radius 2 is 2.00 bits per heavy atom.